The first-order valence-corrected chi connectivity index (χ1v) is 13.0. The van der Waals surface area contributed by atoms with Gasteiger partial charge in [0.15, 0.2) is 11.3 Å². The third kappa shape index (κ3) is 3.36. The number of nitrogens with zero attached hydrogens (tertiary/aromatic N) is 4. The lowest BCUT2D eigenvalue weighted by Crippen LogP contribution is -2.60. The Kier molecular flexibility index (Phi) is 4.71. The Morgan fingerprint density at radius 2 is 0.825 bits per heavy atom. The molecule has 2 fully saturated rings. The number of aromatic nitrogens is 4. The molecule has 194 valence electrons. The van der Waals surface area contributed by atoms with Gasteiger partial charge in [-0.05, 0) is 24.3 Å². The van der Waals surface area contributed by atoms with E-state index in [1.807, 2.05) is 84.9 Å². The zero-order valence-corrected chi connectivity index (χ0v) is 21.2. The average molecular weight is 525 g/mol. The number of imidazole rings is 2. The van der Waals surface area contributed by atoms with Crippen molar-refractivity contribution in [2.75, 3.05) is 0 Å². The summed E-state index contributed by atoms with van der Waals surface area (Å²) in [6.07, 6.45) is 0. The van der Waals surface area contributed by atoms with Gasteiger partial charge in [-0.2, -0.15) is 9.98 Å². The van der Waals surface area contributed by atoms with Crippen LogP contribution < -0.4 is 21.3 Å². The van der Waals surface area contributed by atoms with Crippen LogP contribution in [0, 0.1) is 0 Å². The highest BCUT2D eigenvalue weighted by atomic mass is 15.6. The van der Waals surface area contributed by atoms with Crippen molar-refractivity contribution < 1.29 is 0 Å². The summed E-state index contributed by atoms with van der Waals surface area (Å²) in [5.41, 5.74) is 3.74. The molecule has 0 saturated carbocycles. The molecule has 4 aromatic carbocycles. The number of nitrogens with one attached hydrogen (secondary N) is 6. The second-order valence-electron chi connectivity index (χ2n) is 9.81. The molecule has 2 aliphatic rings. The Bertz CT molecular complexity index is 1700. The Hall–Kier alpha value is -5.64. The summed E-state index contributed by atoms with van der Waals surface area (Å²) in [5.74, 6) is 2.10. The minimum atomic E-state index is -0.898. The van der Waals surface area contributed by atoms with E-state index in [2.05, 4.69) is 65.5 Å². The first-order chi connectivity index (χ1) is 19.7. The van der Waals surface area contributed by atoms with Crippen LogP contribution in [0.4, 0.5) is 11.9 Å². The number of aromatic amines is 2. The van der Waals surface area contributed by atoms with Gasteiger partial charge in [-0.1, -0.05) is 84.9 Å². The quantitative estimate of drug-likeness (QED) is 0.205. The van der Waals surface area contributed by atoms with Crippen LogP contribution in [-0.2, 0) is 11.3 Å². The number of rotatable bonds is 4. The molecule has 2 aliphatic heterocycles. The van der Waals surface area contributed by atoms with E-state index in [1.165, 1.54) is 0 Å². The summed E-state index contributed by atoms with van der Waals surface area (Å²) in [6, 6.07) is 36.1. The molecule has 6 aromatic rings. The molecule has 0 spiro atoms. The molecule has 10 nitrogen and oxygen atoms in total. The fourth-order valence-corrected chi connectivity index (χ4v) is 5.62. The van der Waals surface area contributed by atoms with Crippen molar-refractivity contribution in [2.45, 2.75) is 11.3 Å². The van der Waals surface area contributed by atoms with Crippen molar-refractivity contribution >= 4 is 45.9 Å². The summed E-state index contributed by atoms with van der Waals surface area (Å²) in [5, 5.41) is 14.6. The van der Waals surface area contributed by atoms with E-state index in [0.29, 0.717) is 23.8 Å². The van der Waals surface area contributed by atoms with Gasteiger partial charge in [0.2, 0.25) is 23.8 Å². The molecule has 0 aliphatic carbocycles. The summed E-state index contributed by atoms with van der Waals surface area (Å²) in [6.45, 7) is 0. The van der Waals surface area contributed by atoms with Gasteiger partial charge in [-0.3, -0.25) is 0 Å². The van der Waals surface area contributed by atoms with E-state index in [-0.39, 0.29) is 0 Å². The lowest BCUT2D eigenvalue weighted by molar-refractivity contribution is 0.208. The van der Waals surface area contributed by atoms with Crippen LogP contribution in [-0.4, -0.2) is 31.9 Å². The maximum absolute atomic E-state index is 4.85. The van der Waals surface area contributed by atoms with Gasteiger partial charge in [-0.15, -0.1) is 0 Å². The summed E-state index contributed by atoms with van der Waals surface area (Å²) in [7, 11) is 0. The standard InChI is InChI=1S/C30H24N10/c1-3-11-19(12-4-1)29-30(20-13-5-2-6-14-20,39-27(37-29)35-25-31-21-15-7-8-16-22(21)32-25)40-28(38-29)36-26-33-23-17-9-10-18-24(23)34-26/h1-18H,(H3,31,32,35,37,39)(H3,33,34,36,38,40). The zero-order valence-electron chi connectivity index (χ0n) is 21.2. The summed E-state index contributed by atoms with van der Waals surface area (Å²) >= 11 is 0. The molecule has 10 heteroatoms. The lowest BCUT2D eigenvalue weighted by Gasteiger charge is -2.38. The number of para-hydroxylation sites is 4. The van der Waals surface area contributed by atoms with Crippen LogP contribution in [0.2, 0.25) is 0 Å². The molecule has 6 N–H and O–H groups in total. The Labute approximate surface area is 228 Å². The van der Waals surface area contributed by atoms with Crippen LogP contribution in [0.15, 0.2) is 119 Å². The van der Waals surface area contributed by atoms with Gasteiger partial charge < -0.3 is 31.2 Å². The lowest BCUT2D eigenvalue weighted by atomic mass is 9.83. The van der Waals surface area contributed by atoms with E-state index >= 15 is 0 Å². The van der Waals surface area contributed by atoms with E-state index in [1.54, 1.807) is 0 Å². The van der Waals surface area contributed by atoms with E-state index in [0.717, 1.165) is 33.2 Å². The largest absolute Gasteiger partial charge is 0.325 e. The molecule has 0 amide bonds. The SMILES string of the molecule is c1ccc(C23NC(=Nc4nc5ccccc5[nH]4)NC2(c2ccccc2)NC(=Nc2nc4ccccc4[nH]2)N3)cc1. The van der Waals surface area contributed by atoms with E-state index < -0.39 is 11.3 Å². The highest BCUT2D eigenvalue weighted by molar-refractivity contribution is 5.95. The predicted molar refractivity (Wildman–Crippen MR) is 155 cm³/mol. The number of aliphatic imine (C=N–C) groups is 2. The van der Waals surface area contributed by atoms with Crippen LogP contribution in [0.5, 0.6) is 0 Å². The van der Waals surface area contributed by atoms with Gasteiger partial charge >= 0.3 is 0 Å². The Morgan fingerprint density at radius 3 is 1.23 bits per heavy atom. The molecule has 2 aromatic heterocycles. The maximum Gasteiger partial charge on any atom is 0.231 e. The second-order valence-corrected chi connectivity index (χ2v) is 9.81. The van der Waals surface area contributed by atoms with Crippen molar-refractivity contribution in [2.24, 2.45) is 9.98 Å². The molecule has 2 saturated heterocycles. The molecule has 40 heavy (non-hydrogen) atoms. The van der Waals surface area contributed by atoms with E-state index in [9.17, 15) is 0 Å². The summed E-state index contributed by atoms with van der Waals surface area (Å²) in [4.78, 5) is 25.6. The molecule has 0 radical (unpaired) electrons. The highest BCUT2D eigenvalue weighted by Crippen LogP contribution is 2.43. The van der Waals surface area contributed by atoms with Crippen molar-refractivity contribution in [1.82, 2.24) is 41.2 Å². The number of hydrogen-bond donors (Lipinski definition) is 6. The molecule has 4 heterocycles. The van der Waals surface area contributed by atoms with Crippen molar-refractivity contribution in [1.29, 1.82) is 0 Å². The minimum Gasteiger partial charge on any atom is -0.325 e. The molecule has 0 atom stereocenters. The summed E-state index contributed by atoms with van der Waals surface area (Å²) < 4.78 is 0. The number of fused-ring (bicyclic) bond motifs is 3. The van der Waals surface area contributed by atoms with Crippen molar-refractivity contribution in [3.8, 4) is 0 Å². The van der Waals surface area contributed by atoms with Crippen LogP contribution in [0.1, 0.15) is 11.1 Å². The van der Waals surface area contributed by atoms with Crippen LogP contribution in [0.3, 0.4) is 0 Å². The number of benzene rings is 4. The first kappa shape index (κ1) is 22.4. The van der Waals surface area contributed by atoms with Gasteiger partial charge in [0, 0.05) is 11.1 Å². The third-order valence-electron chi connectivity index (χ3n) is 7.39. The normalized spacial score (nSPS) is 21.4. The first-order valence-electron chi connectivity index (χ1n) is 13.0. The highest BCUT2D eigenvalue weighted by Gasteiger charge is 2.65. The number of guanidine groups is 2. The van der Waals surface area contributed by atoms with Crippen LogP contribution in [0.25, 0.3) is 22.1 Å². The van der Waals surface area contributed by atoms with Crippen molar-refractivity contribution in [3.63, 3.8) is 0 Å². The number of hydrogen-bond acceptors (Lipinski definition) is 4. The molecule has 0 unspecified atom stereocenters. The molecule has 8 rings (SSSR count). The topological polar surface area (TPSA) is 130 Å². The van der Waals surface area contributed by atoms with Gasteiger partial charge in [0.05, 0.1) is 22.1 Å². The third-order valence-corrected chi connectivity index (χ3v) is 7.39. The maximum atomic E-state index is 4.85. The Morgan fingerprint density at radius 1 is 0.450 bits per heavy atom. The van der Waals surface area contributed by atoms with Crippen LogP contribution >= 0.6 is 0 Å². The fourth-order valence-electron chi connectivity index (χ4n) is 5.62. The zero-order chi connectivity index (χ0) is 26.6. The van der Waals surface area contributed by atoms with Crippen molar-refractivity contribution in [3.05, 3.63) is 120 Å². The average Bonchev–Trinajstić information content (AvgIpc) is 3.73. The van der Waals surface area contributed by atoms with Gasteiger partial charge in [0.1, 0.15) is 0 Å². The fraction of sp³-hybridized carbons (Fsp3) is 0.0667. The number of H-pyrrole nitrogens is 2. The smallest absolute Gasteiger partial charge is 0.231 e. The molecular formula is C30H24N10. The van der Waals surface area contributed by atoms with E-state index in [4.69, 9.17) is 9.98 Å². The molecule has 0 bridgehead atoms. The predicted octanol–water partition coefficient (Wildman–Crippen LogP) is 4.21. The molecular weight excluding hydrogens is 500 g/mol. The van der Waals surface area contributed by atoms with Gasteiger partial charge in [-0.25, -0.2) is 9.97 Å². The minimum absolute atomic E-state index is 0.499. The Balaban J connectivity index is 1.28. The monoisotopic (exact) mass is 524 g/mol. The second kappa shape index (κ2) is 8.43. The van der Waals surface area contributed by atoms with Gasteiger partial charge in [0.25, 0.3) is 0 Å².